The molecule has 0 spiro atoms. The molecule has 16 heavy (non-hydrogen) atoms. The van der Waals surface area contributed by atoms with Crippen LogP contribution < -0.4 is 21.1 Å². The molecule has 6 heteroatoms. The van der Waals surface area contributed by atoms with E-state index in [0.29, 0.717) is 29.4 Å². The third-order valence-electron chi connectivity index (χ3n) is 2.21. The molecule has 0 saturated carbocycles. The summed E-state index contributed by atoms with van der Waals surface area (Å²) < 4.78 is 5.21. The number of nitrogens with one attached hydrogen (secondary N) is 2. The predicted octanol–water partition coefficient (Wildman–Crippen LogP) is 0.00390. The molecule has 0 unspecified atom stereocenters. The first-order chi connectivity index (χ1) is 7.70. The first-order valence-corrected chi connectivity index (χ1v) is 4.91. The van der Waals surface area contributed by atoms with E-state index in [9.17, 15) is 4.79 Å². The van der Waals surface area contributed by atoms with Gasteiger partial charge < -0.3 is 26.2 Å². The van der Waals surface area contributed by atoms with Gasteiger partial charge >= 0.3 is 0 Å². The number of aliphatic hydroxyl groups is 1. The van der Waals surface area contributed by atoms with E-state index < -0.39 is 0 Å². The van der Waals surface area contributed by atoms with Gasteiger partial charge in [0, 0.05) is 12.6 Å². The molecule has 6 nitrogen and oxygen atoms in total. The van der Waals surface area contributed by atoms with E-state index in [0.717, 1.165) is 0 Å². The van der Waals surface area contributed by atoms with E-state index in [1.807, 2.05) is 0 Å². The van der Waals surface area contributed by atoms with Gasteiger partial charge in [-0.3, -0.25) is 4.79 Å². The van der Waals surface area contributed by atoms with Crippen LogP contribution >= 0.6 is 0 Å². The van der Waals surface area contributed by atoms with Crippen LogP contribution in [0.3, 0.4) is 0 Å². The summed E-state index contributed by atoms with van der Waals surface area (Å²) in [4.78, 5) is 11.1. The zero-order chi connectivity index (χ0) is 11.5. The number of anilines is 3. The summed E-state index contributed by atoms with van der Waals surface area (Å²) in [5.41, 5.74) is 7.55. The van der Waals surface area contributed by atoms with E-state index in [2.05, 4.69) is 10.6 Å². The smallest absolute Gasteiger partial charge is 0.262 e. The van der Waals surface area contributed by atoms with E-state index >= 15 is 0 Å². The number of aliphatic hydroxyl groups excluding tert-OH is 1. The number of carbonyl (C=O) groups is 1. The Morgan fingerprint density at radius 3 is 3.12 bits per heavy atom. The van der Waals surface area contributed by atoms with Crippen LogP contribution in [0.4, 0.5) is 17.1 Å². The number of fused-ring (bicyclic) bond motifs is 1. The Morgan fingerprint density at radius 1 is 1.56 bits per heavy atom. The number of nitrogen functional groups attached to an aromatic ring is 1. The maximum absolute atomic E-state index is 11.1. The maximum Gasteiger partial charge on any atom is 0.262 e. The zero-order valence-corrected chi connectivity index (χ0v) is 8.62. The quantitative estimate of drug-likeness (QED) is 0.541. The second kappa shape index (κ2) is 4.28. The second-order valence-corrected chi connectivity index (χ2v) is 3.42. The molecule has 0 saturated heterocycles. The highest BCUT2D eigenvalue weighted by molar-refractivity contribution is 5.97. The fraction of sp³-hybridized carbons (Fsp3) is 0.300. The van der Waals surface area contributed by atoms with Gasteiger partial charge in [0.25, 0.3) is 5.91 Å². The average molecular weight is 223 g/mol. The molecule has 1 aliphatic rings. The van der Waals surface area contributed by atoms with Crippen LogP contribution in [0.1, 0.15) is 0 Å². The largest absolute Gasteiger partial charge is 0.482 e. The highest BCUT2D eigenvalue weighted by Gasteiger charge is 2.17. The molecule has 0 atom stereocenters. The van der Waals surface area contributed by atoms with Crippen molar-refractivity contribution in [1.29, 1.82) is 0 Å². The van der Waals surface area contributed by atoms with Gasteiger partial charge in [0.15, 0.2) is 6.61 Å². The van der Waals surface area contributed by atoms with Crippen LogP contribution in [0.15, 0.2) is 12.1 Å². The summed E-state index contributed by atoms with van der Waals surface area (Å²) >= 11 is 0. The van der Waals surface area contributed by atoms with Gasteiger partial charge in [0.05, 0.1) is 23.7 Å². The van der Waals surface area contributed by atoms with Crippen molar-refractivity contribution in [3.05, 3.63) is 12.1 Å². The molecule has 86 valence electrons. The Hall–Kier alpha value is -1.95. The number of ether oxygens (including phenoxy) is 1. The third-order valence-corrected chi connectivity index (χ3v) is 2.21. The highest BCUT2D eigenvalue weighted by Crippen LogP contribution is 2.34. The first-order valence-electron chi connectivity index (χ1n) is 4.91. The SMILES string of the molecule is Nc1cc2c(cc1NCCO)NC(=O)CO2. The van der Waals surface area contributed by atoms with Crippen LogP contribution in [0.25, 0.3) is 0 Å². The van der Waals surface area contributed by atoms with E-state index in [-0.39, 0.29) is 19.1 Å². The molecule has 1 heterocycles. The van der Waals surface area contributed by atoms with Crippen molar-refractivity contribution in [2.45, 2.75) is 0 Å². The average Bonchev–Trinajstić information content (AvgIpc) is 2.27. The summed E-state index contributed by atoms with van der Waals surface area (Å²) in [5, 5.41) is 14.3. The predicted molar refractivity (Wildman–Crippen MR) is 60.6 cm³/mol. The number of hydrogen-bond acceptors (Lipinski definition) is 5. The van der Waals surface area contributed by atoms with Crippen LogP contribution in [-0.2, 0) is 4.79 Å². The van der Waals surface area contributed by atoms with Crippen molar-refractivity contribution in [3.8, 4) is 5.75 Å². The minimum absolute atomic E-state index is 0.00978. The summed E-state index contributed by atoms with van der Waals surface area (Å²) in [6.07, 6.45) is 0. The molecule has 0 aromatic heterocycles. The summed E-state index contributed by atoms with van der Waals surface area (Å²) in [5.74, 6) is 0.372. The molecule has 0 bridgehead atoms. The number of benzene rings is 1. The van der Waals surface area contributed by atoms with Crippen molar-refractivity contribution in [2.75, 3.05) is 36.1 Å². The minimum atomic E-state index is -0.189. The maximum atomic E-state index is 11.1. The zero-order valence-electron chi connectivity index (χ0n) is 8.62. The Morgan fingerprint density at radius 2 is 2.38 bits per heavy atom. The van der Waals surface area contributed by atoms with Gasteiger partial charge in [0.2, 0.25) is 0 Å². The third kappa shape index (κ3) is 2.01. The topological polar surface area (TPSA) is 96.6 Å². The lowest BCUT2D eigenvalue weighted by Crippen LogP contribution is -2.25. The molecule has 5 N–H and O–H groups in total. The number of amides is 1. The number of rotatable bonds is 3. The molecule has 0 radical (unpaired) electrons. The molecule has 0 aliphatic carbocycles. The van der Waals surface area contributed by atoms with E-state index in [1.54, 1.807) is 12.1 Å². The van der Waals surface area contributed by atoms with E-state index in [1.165, 1.54) is 0 Å². The van der Waals surface area contributed by atoms with Crippen molar-refractivity contribution < 1.29 is 14.6 Å². The fourth-order valence-electron chi connectivity index (χ4n) is 1.49. The molecular weight excluding hydrogens is 210 g/mol. The molecule has 1 aliphatic heterocycles. The first kappa shape index (κ1) is 10.6. The molecular formula is C10H13N3O3. The molecule has 1 aromatic rings. The van der Waals surface area contributed by atoms with Crippen LogP contribution in [0.5, 0.6) is 5.75 Å². The Balaban J connectivity index is 2.27. The van der Waals surface area contributed by atoms with Crippen molar-refractivity contribution >= 4 is 23.0 Å². The fourth-order valence-corrected chi connectivity index (χ4v) is 1.49. The monoisotopic (exact) mass is 223 g/mol. The molecule has 1 amide bonds. The van der Waals surface area contributed by atoms with Crippen LogP contribution in [0.2, 0.25) is 0 Å². The Labute approximate surface area is 92.4 Å². The normalized spacial score (nSPS) is 13.7. The minimum Gasteiger partial charge on any atom is -0.482 e. The van der Waals surface area contributed by atoms with Crippen molar-refractivity contribution in [2.24, 2.45) is 0 Å². The van der Waals surface area contributed by atoms with E-state index in [4.69, 9.17) is 15.6 Å². The Kier molecular flexibility index (Phi) is 2.82. The number of nitrogens with two attached hydrogens (primary N) is 1. The van der Waals surface area contributed by atoms with Gasteiger partial charge in [0.1, 0.15) is 5.75 Å². The standard InChI is InChI=1S/C10H13N3O3/c11-6-3-9-8(13-10(15)5-16-9)4-7(6)12-1-2-14/h3-4,12,14H,1-2,5,11H2,(H,13,15). The van der Waals surface area contributed by atoms with Gasteiger partial charge in [-0.1, -0.05) is 0 Å². The van der Waals surface area contributed by atoms with Gasteiger partial charge in [-0.2, -0.15) is 0 Å². The summed E-state index contributed by atoms with van der Waals surface area (Å²) in [7, 11) is 0. The molecule has 0 fully saturated rings. The van der Waals surface area contributed by atoms with Crippen LogP contribution in [0, 0.1) is 0 Å². The second-order valence-electron chi connectivity index (χ2n) is 3.42. The number of carbonyl (C=O) groups excluding carboxylic acids is 1. The summed E-state index contributed by atoms with van der Waals surface area (Å²) in [6, 6.07) is 3.34. The lowest BCUT2D eigenvalue weighted by molar-refractivity contribution is -0.118. The summed E-state index contributed by atoms with van der Waals surface area (Å²) in [6.45, 7) is 0.424. The molecule has 2 rings (SSSR count). The van der Waals surface area contributed by atoms with Gasteiger partial charge in [-0.05, 0) is 6.07 Å². The van der Waals surface area contributed by atoms with Crippen LogP contribution in [-0.4, -0.2) is 30.8 Å². The van der Waals surface area contributed by atoms with Crippen molar-refractivity contribution in [1.82, 2.24) is 0 Å². The lowest BCUT2D eigenvalue weighted by atomic mass is 10.2. The molecule has 1 aromatic carbocycles. The van der Waals surface area contributed by atoms with Gasteiger partial charge in [-0.25, -0.2) is 0 Å². The number of hydrogen-bond donors (Lipinski definition) is 4. The Bertz CT molecular complexity index is 420. The van der Waals surface area contributed by atoms with Gasteiger partial charge in [-0.15, -0.1) is 0 Å². The highest BCUT2D eigenvalue weighted by atomic mass is 16.5. The van der Waals surface area contributed by atoms with Crippen molar-refractivity contribution in [3.63, 3.8) is 0 Å². The lowest BCUT2D eigenvalue weighted by Gasteiger charge is -2.20.